The smallest absolute Gasteiger partial charge is 0.256 e. The number of pyridine rings is 1. The van der Waals surface area contributed by atoms with E-state index in [2.05, 4.69) is 27.7 Å². The summed E-state index contributed by atoms with van der Waals surface area (Å²) in [6.45, 7) is 4.35. The Morgan fingerprint density at radius 2 is 1.88 bits per heavy atom. The van der Waals surface area contributed by atoms with Crippen molar-refractivity contribution < 1.29 is 9.21 Å². The second-order valence-electron chi connectivity index (χ2n) is 8.84. The third-order valence-electron chi connectivity index (χ3n) is 6.53. The number of hydrogen-bond donors (Lipinski definition) is 2. The van der Waals surface area contributed by atoms with Gasteiger partial charge in [0.25, 0.3) is 5.91 Å². The number of likely N-dealkylation sites (tertiary alicyclic amines) is 1. The van der Waals surface area contributed by atoms with Crippen LogP contribution in [0.3, 0.4) is 0 Å². The van der Waals surface area contributed by atoms with Gasteiger partial charge in [-0.15, -0.1) is 0 Å². The van der Waals surface area contributed by atoms with Crippen LogP contribution in [0.2, 0.25) is 0 Å². The van der Waals surface area contributed by atoms with E-state index in [9.17, 15) is 4.79 Å². The first-order chi connectivity index (χ1) is 16.7. The van der Waals surface area contributed by atoms with Crippen molar-refractivity contribution in [2.75, 3.05) is 36.8 Å². The van der Waals surface area contributed by atoms with E-state index in [0.717, 1.165) is 52.4 Å². The SMILES string of the molecule is O=C1Nc2ccccc2C1=Cc1ccc(-c2ccc3ccc(NCCN4CCCC4)nc3c2)o1. The van der Waals surface area contributed by atoms with E-state index < -0.39 is 0 Å². The number of rotatable bonds is 6. The minimum atomic E-state index is -0.112. The molecule has 1 fully saturated rings. The third-order valence-corrected chi connectivity index (χ3v) is 6.53. The first kappa shape index (κ1) is 20.7. The number of furan rings is 1. The molecule has 0 unspecified atom stereocenters. The molecule has 4 aromatic rings. The number of nitrogens with one attached hydrogen (secondary N) is 2. The van der Waals surface area contributed by atoms with Gasteiger partial charge in [0.15, 0.2) is 0 Å². The lowest BCUT2D eigenvalue weighted by molar-refractivity contribution is -0.110. The molecule has 4 heterocycles. The summed E-state index contributed by atoms with van der Waals surface area (Å²) in [6, 6.07) is 21.8. The molecule has 2 aliphatic heterocycles. The molecular weight excluding hydrogens is 424 g/mol. The minimum absolute atomic E-state index is 0.112. The summed E-state index contributed by atoms with van der Waals surface area (Å²) >= 11 is 0. The van der Waals surface area contributed by atoms with Crippen molar-refractivity contribution >= 4 is 40.0 Å². The predicted octanol–water partition coefficient (Wildman–Crippen LogP) is 5.50. The van der Waals surface area contributed by atoms with Gasteiger partial charge in [0, 0.05) is 35.3 Å². The summed E-state index contributed by atoms with van der Waals surface area (Å²) in [6.07, 6.45) is 4.42. The zero-order valence-corrected chi connectivity index (χ0v) is 18.9. The van der Waals surface area contributed by atoms with E-state index in [1.54, 1.807) is 6.08 Å². The average Bonchev–Trinajstić information content (AvgIpc) is 3.60. The summed E-state index contributed by atoms with van der Waals surface area (Å²) < 4.78 is 6.09. The molecule has 0 radical (unpaired) electrons. The fraction of sp³-hybridized carbons (Fsp3) is 0.214. The maximum atomic E-state index is 12.4. The van der Waals surface area contributed by atoms with Crippen molar-refractivity contribution in [1.29, 1.82) is 0 Å². The first-order valence-electron chi connectivity index (χ1n) is 11.8. The number of benzene rings is 2. The molecule has 0 saturated carbocycles. The van der Waals surface area contributed by atoms with E-state index in [-0.39, 0.29) is 5.91 Å². The number of para-hydroxylation sites is 1. The van der Waals surface area contributed by atoms with Gasteiger partial charge in [-0.05, 0) is 68.4 Å². The normalized spacial score (nSPS) is 16.8. The Balaban J connectivity index is 1.22. The van der Waals surface area contributed by atoms with E-state index in [0.29, 0.717) is 11.3 Å². The van der Waals surface area contributed by atoms with Gasteiger partial charge in [-0.3, -0.25) is 4.79 Å². The number of anilines is 2. The molecule has 0 spiro atoms. The maximum absolute atomic E-state index is 12.4. The van der Waals surface area contributed by atoms with Gasteiger partial charge in [0.1, 0.15) is 17.3 Å². The summed E-state index contributed by atoms with van der Waals surface area (Å²) in [5.41, 5.74) is 4.21. The Bertz CT molecular complexity index is 1400. The lowest BCUT2D eigenvalue weighted by Gasteiger charge is -2.15. The molecule has 0 aliphatic carbocycles. The predicted molar refractivity (Wildman–Crippen MR) is 137 cm³/mol. The first-order valence-corrected chi connectivity index (χ1v) is 11.8. The molecule has 2 aliphatic rings. The van der Waals surface area contributed by atoms with E-state index in [1.165, 1.54) is 25.9 Å². The van der Waals surface area contributed by atoms with Crippen LogP contribution in [0.5, 0.6) is 0 Å². The van der Waals surface area contributed by atoms with Crippen LogP contribution in [0.15, 0.2) is 71.1 Å². The molecular formula is C28H26N4O2. The Labute approximate surface area is 198 Å². The van der Waals surface area contributed by atoms with Gasteiger partial charge >= 0.3 is 0 Å². The fourth-order valence-electron chi connectivity index (χ4n) is 4.73. The molecule has 2 aromatic heterocycles. The van der Waals surface area contributed by atoms with Crippen LogP contribution < -0.4 is 10.6 Å². The molecule has 2 aromatic carbocycles. The number of amides is 1. The van der Waals surface area contributed by atoms with Crippen LogP contribution in [0.1, 0.15) is 24.2 Å². The highest BCUT2D eigenvalue weighted by molar-refractivity contribution is 6.34. The van der Waals surface area contributed by atoms with Crippen LogP contribution in [0.25, 0.3) is 33.9 Å². The highest BCUT2D eigenvalue weighted by Gasteiger charge is 2.23. The molecule has 34 heavy (non-hydrogen) atoms. The Kier molecular flexibility index (Phi) is 5.35. The van der Waals surface area contributed by atoms with Crippen molar-refractivity contribution in [3.05, 3.63) is 78.1 Å². The molecule has 2 N–H and O–H groups in total. The zero-order valence-electron chi connectivity index (χ0n) is 18.9. The Morgan fingerprint density at radius 1 is 1.03 bits per heavy atom. The van der Waals surface area contributed by atoms with Crippen molar-refractivity contribution in [1.82, 2.24) is 9.88 Å². The summed E-state index contributed by atoms with van der Waals surface area (Å²) in [7, 11) is 0. The van der Waals surface area contributed by atoms with Crippen molar-refractivity contribution in [2.45, 2.75) is 12.8 Å². The second-order valence-corrected chi connectivity index (χ2v) is 8.84. The summed E-state index contributed by atoms with van der Waals surface area (Å²) in [4.78, 5) is 19.7. The standard InChI is InChI=1S/C28H26N4O2/c33-28-23(22-5-1-2-6-24(22)31-28)18-21-10-11-26(34-21)20-8-7-19-9-12-27(30-25(19)17-20)29-13-16-32-14-3-4-15-32/h1-2,5-12,17-18H,3-4,13-16H2,(H,29,30)(H,31,33). The molecule has 0 bridgehead atoms. The van der Waals surface area contributed by atoms with Crippen molar-refractivity contribution in [3.8, 4) is 11.3 Å². The number of nitrogens with zero attached hydrogens (tertiary/aromatic N) is 2. The van der Waals surface area contributed by atoms with Gasteiger partial charge in [0.2, 0.25) is 0 Å². The van der Waals surface area contributed by atoms with Crippen LogP contribution >= 0.6 is 0 Å². The van der Waals surface area contributed by atoms with Gasteiger partial charge in [-0.1, -0.05) is 30.3 Å². The van der Waals surface area contributed by atoms with Gasteiger partial charge < -0.3 is 20.0 Å². The largest absolute Gasteiger partial charge is 0.457 e. The summed E-state index contributed by atoms with van der Waals surface area (Å²) in [5, 5.41) is 7.44. The minimum Gasteiger partial charge on any atom is -0.457 e. The molecule has 6 rings (SSSR count). The molecule has 170 valence electrons. The van der Waals surface area contributed by atoms with Gasteiger partial charge in [0.05, 0.1) is 11.1 Å². The van der Waals surface area contributed by atoms with E-state index in [1.807, 2.05) is 54.6 Å². The quantitative estimate of drug-likeness (QED) is 0.380. The van der Waals surface area contributed by atoms with Crippen LogP contribution in [-0.4, -0.2) is 42.0 Å². The molecule has 6 heteroatoms. The van der Waals surface area contributed by atoms with Crippen LogP contribution in [0, 0.1) is 0 Å². The van der Waals surface area contributed by atoms with E-state index >= 15 is 0 Å². The molecule has 6 nitrogen and oxygen atoms in total. The monoisotopic (exact) mass is 450 g/mol. The zero-order chi connectivity index (χ0) is 22.9. The second kappa shape index (κ2) is 8.80. The van der Waals surface area contributed by atoms with E-state index in [4.69, 9.17) is 9.40 Å². The average molecular weight is 451 g/mol. The number of hydrogen-bond acceptors (Lipinski definition) is 5. The molecule has 0 atom stereocenters. The maximum Gasteiger partial charge on any atom is 0.256 e. The number of aromatic nitrogens is 1. The number of fused-ring (bicyclic) bond motifs is 2. The third kappa shape index (κ3) is 4.08. The van der Waals surface area contributed by atoms with Crippen LogP contribution in [0.4, 0.5) is 11.5 Å². The van der Waals surface area contributed by atoms with Crippen molar-refractivity contribution in [2.24, 2.45) is 0 Å². The van der Waals surface area contributed by atoms with Gasteiger partial charge in [-0.2, -0.15) is 0 Å². The fourth-order valence-corrected chi connectivity index (χ4v) is 4.73. The lowest BCUT2D eigenvalue weighted by Crippen LogP contribution is -2.26. The number of carbonyl (C=O) groups excluding carboxylic acids is 1. The highest BCUT2D eigenvalue weighted by Crippen LogP contribution is 2.34. The Hall–Kier alpha value is -3.90. The number of carbonyl (C=O) groups is 1. The van der Waals surface area contributed by atoms with Crippen LogP contribution in [-0.2, 0) is 4.79 Å². The molecule has 1 saturated heterocycles. The van der Waals surface area contributed by atoms with Gasteiger partial charge in [-0.25, -0.2) is 4.98 Å². The molecule has 1 amide bonds. The summed E-state index contributed by atoms with van der Waals surface area (Å²) in [5.74, 6) is 2.16. The lowest BCUT2D eigenvalue weighted by atomic mass is 10.1. The van der Waals surface area contributed by atoms with Crippen molar-refractivity contribution in [3.63, 3.8) is 0 Å². The topological polar surface area (TPSA) is 70.4 Å². The Morgan fingerprint density at radius 3 is 2.79 bits per heavy atom. The highest BCUT2D eigenvalue weighted by atomic mass is 16.3.